The van der Waals surface area contributed by atoms with Gasteiger partial charge in [0.15, 0.2) is 6.61 Å². The van der Waals surface area contributed by atoms with Gasteiger partial charge in [0.05, 0.1) is 10.9 Å². The quantitative estimate of drug-likeness (QED) is 0.927. The molecule has 5 nitrogen and oxygen atoms in total. The molecule has 0 spiro atoms. The summed E-state index contributed by atoms with van der Waals surface area (Å²) < 4.78 is 7.33. The summed E-state index contributed by atoms with van der Waals surface area (Å²) >= 11 is 0. The molecule has 1 heterocycles. The van der Waals surface area contributed by atoms with Crippen molar-refractivity contribution in [3.63, 3.8) is 0 Å². The highest BCUT2D eigenvalue weighted by molar-refractivity contribution is 5.85. The number of para-hydroxylation sites is 1. The van der Waals surface area contributed by atoms with Crippen LogP contribution in [0.15, 0.2) is 24.3 Å². The zero-order valence-electron chi connectivity index (χ0n) is 11.6. The van der Waals surface area contributed by atoms with Crippen LogP contribution in [0, 0.1) is 0 Å². The number of ether oxygens (including phenoxy) is 1. The van der Waals surface area contributed by atoms with Crippen LogP contribution >= 0.6 is 0 Å². The number of benzene rings is 1. The van der Waals surface area contributed by atoms with E-state index in [2.05, 4.69) is 10.4 Å². The van der Waals surface area contributed by atoms with Gasteiger partial charge in [-0.3, -0.25) is 9.48 Å². The van der Waals surface area contributed by atoms with E-state index in [1.54, 1.807) is 4.68 Å². The Morgan fingerprint density at radius 2 is 2.15 bits per heavy atom. The van der Waals surface area contributed by atoms with Crippen molar-refractivity contribution in [2.24, 2.45) is 7.05 Å². The molecule has 0 aliphatic heterocycles. The largest absolute Gasteiger partial charge is 0.466 e. The summed E-state index contributed by atoms with van der Waals surface area (Å²) in [7, 11) is 1.87. The summed E-state index contributed by atoms with van der Waals surface area (Å²) in [5.41, 5.74) is 0.999. The average Bonchev–Trinajstić information content (AvgIpc) is 3.06. The van der Waals surface area contributed by atoms with Crippen LogP contribution in [0.4, 0.5) is 0 Å². The lowest BCUT2D eigenvalue weighted by atomic mass is 10.2. The molecule has 1 aliphatic rings. The topological polar surface area (TPSA) is 56.2 Å². The minimum Gasteiger partial charge on any atom is -0.466 e. The number of nitrogens with zero attached hydrogens (tertiary/aromatic N) is 2. The first-order valence-corrected chi connectivity index (χ1v) is 7.08. The molecule has 20 heavy (non-hydrogen) atoms. The fourth-order valence-corrected chi connectivity index (χ4v) is 2.76. The Labute approximate surface area is 117 Å². The fourth-order valence-electron chi connectivity index (χ4n) is 2.76. The number of aromatic nitrogens is 2. The molecule has 0 radical (unpaired) electrons. The van der Waals surface area contributed by atoms with Gasteiger partial charge in [0.2, 0.25) is 5.88 Å². The van der Waals surface area contributed by atoms with Crippen LogP contribution in [-0.4, -0.2) is 28.3 Å². The monoisotopic (exact) mass is 273 g/mol. The number of amides is 1. The van der Waals surface area contributed by atoms with Gasteiger partial charge < -0.3 is 10.1 Å². The second-order valence-electron chi connectivity index (χ2n) is 5.28. The van der Waals surface area contributed by atoms with Crippen molar-refractivity contribution in [3.05, 3.63) is 24.3 Å². The first-order valence-electron chi connectivity index (χ1n) is 7.08. The van der Waals surface area contributed by atoms with Gasteiger partial charge in [-0.1, -0.05) is 25.0 Å². The summed E-state index contributed by atoms with van der Waals surface area (Å²) in [6, 6.07) is 8.16. The molecule has 0 atom stereocenters. The predicted octanol–water partition coefficient (Wildman–Crippen LogP) is 2.01. The molecule has 0 bridgehead atoms. The van der Waals surface area contributed by atoms with Crippen LogP contribution in [0.5, 0.6) is 5.88 Å². The normalized spacial score (nSPS) is 15.7. The molecule has 1 aromatic carbocycles. The molecular formula is C15H19N3O2. The van der Waals surface area contributed by atoms with Gasteiger partial charge in [0.25, 0.3) is 5.91 Å². The molecule has 1 amide bonds. The van der Waals surface area contributed by atoms with E-state index in [4.69, 9.17) is 4.74 Å². The van der Waals surface area contributed by atoms with Crippen molar-refractivity contribution in [2.75, 3.05) is 6.61 Å². The lowest BCUT2D eigenvalue weighted by Gasteiger charge is -2.11. The first kappa shape index (κ1) is 13.0. The third kappa shape index (κ3) is 2.61. The molecule has 1 aromatic heterocycles. The molecule has 1 aliphatic carbocycles. The van der Waals surface area contributed by atoms with Gasteiger partial charge >= 0.3 is 0 Å². The van der Waals surface area contributed by atoms with Crippen LogP contribution in [-0.2, 0) is 11.8 Å². The number of aryl methyl sites for hydroxylation is 1. The fraction of sp³-hybridized carbons (Fsp3) is 0.467. The zero-order valence-corrected chi connectivity index (χ0v) is 11.6. The van der Waals surface area contributed by atoms with Gasteiger partial charge in [-0.2, -0.15) is 0 Å². The lowest BCUT2D eigenvalue weighted by molar-refractivity contribution is -0.123. The van der Waals surface area contributed by atoms with Crippen molar-refractivity contribution in [1.82, 2.24) is 15.1 Å². The van der Waals surface area contributed by atoms with Crippen molar-refractivity contribution >= 4 is 16.8 Å². The second kappa shape index (κ2) is 5.53. The minimum absolute atomic E-state index is 0.0253. The number of rotatable bonds is 4. The van der Waals surface area contributed by atoms with Gasteiger partial charge in [0.1, 0.15) is 0 Å². The standard InChI is InChI=1S/C15H19N3O2/c1-18-13-9-5-4-8-12(13)15(17-18)20-10-14(19)16-11-6-2-3-7-11/h4-5,8-9,11H,2-3,6-7,10H2,1H3,(H,16,19). The van der Waals surface area contributed by atoms with Crippen molar-refractivity contribution in [2.45, 2.75) is 31.7 Å². The zero-order chi connectivity index (χ0) is 13.9. The number of fused-ring (bicyclic) bond motifs is 1. The third-order valence-electron chi connectivity index (χ3n) is 3.78. The molecule has 0 saturated heterocycles. The maximum Gasteiger partial charge on any atom is 0.258 e. The van der Waals surface area contributed by atoms with Crippen LogP contribution in [0.2, 0.25) is 0 Å². The SMILES string of the molecule is Cn1nc(OCC(=O)NC2CCCC2)c2ccccc21. The van der Waals surface area contributed by atoms with Gasteiger partial charge in [-0.15, -0.1) is 5.10 Å². The maximum atomic E-state index is 11.8. The van der Waals surface area contributed by atoms with E-state index in [1.165, 1.54) is 12.8 Å². The van der Waals surface area contributed by atoms with Crippen molar-refractivity contribution in [3.8, 4) is 5.88 Å². The number of hydrogen-bond donors (Lipinski definition) is 1. The summed E-state index contributed by atoms with van der Waals surface area (Å²) in [6.45, 7) is 0.0253. The molecule has 3 rings (SSSR count). The number of hydrogen-bond acceptors (Lipinski definition) is 3. The number of carbonyl (C=O) groups is 1. The highest BCUT2D eigenvalue weighted by Crippen LogP contribution is 2.23. The highest BCUT2D eigenvalue weighted by Gasteiger charge is 2.18. The van der Waals surface area contributed by atoms with Crippen LogP contribution < -0.4 is 10.1 Å². The Kier molecular flexibility index (Phi) is 3.58. The Balaban J connectivity index is 1.63. The predicted molar refractivity (Wildman–Crippen MR) is 76.6 cm³/mol. The molecule has 1 N–H and O–H groups in total. The molecule has 5 heteroatoms. The highest BCUT2D eigenvalue weighted by atomic mass is 16.5. The second-order valence-corrected chi connectivity index (χ2v) is 5.28. The van der Waals surface area contributed by atoms with Gasteiger partial charge in [0, 0.05) is 13.1 Å². The van der Waals surface area contributed by atoms with E-state index in [9.17, 15) is 4.79 Å². The van der Waals surface area contributed by atoms with E-state index in [0.717, 1.165) is 23.7 Å². The summed E-state index contributed by atoms with van der Waals surface area (Å²) in [5, 5.41) is 8.25. The van der Waals surface area contributed by atoms with E-state index >= 15 is 0 Å². The maximum absolute atomic E-state index is 11.8. The molecular weight excluding hydrogens is 254 g/mol. The van der Waals surface area contributed by atoms with E-state index in [1.807, 2.05) is 31.3 Å². The van der Waals surface area contributed by atoms with E-state index in [-0.39, 0.29) is 12.5 Å². The Bertz CT molecular complexity index is 615. The van der Waals surface area contributed by atoms with E-state index < -0.39 is 0 Å². The first-order chi connectivity index (χ1) is 9.74. The third-order valence-corrected chi connectivity index (χ3v) is 3.78. The van der Waals surface area contributed by atoms with Crippen molar-refractivity contribution < 1.29 is 9.53 Å². The van der Waals surface area contributed by atoms with Crippen LogP contribution in [0.1, 0.15) is 25.7 Å². The summed E-state index contributed by atoms with van der Waals surface area (Å²) in [6.07, 6.45) is 4.57. The van der Waals surface area contributed by atoms with Crippen molar-refractivity contribution in [1.29, 1.82) is 0 Å². The van der Waals surface area contributed by atoms with Crippen LogP contribution in [0.3, 0.4) is 0 Å². The summed E-state index contributed by atoms with van der Waals surface area (Å²) in [4.78, 5) is 11.8. The lowest BCUT2D eigenvalue weighted by Crippen LogP contribution is -2.36. The Morgan fingerprint density at radius 3 is 2.95 bits per heavy atom. The number of carbonyl (C=O) groups excluding carboxylic acids is 1. The molecule has 0 unspecified atom stereocenters. The number of nitrogens with one attached hydrogen (secondary N) is 1. The Morgan fingerprint density at radius 1 is 1.40 bits per heavy atom. The molecule has 1 fully saturated rings. The minimum atomic E-state index is -0.0633. The molecule has 106 valence electrons. The molecule has 1 saturated carbocycles. The van der Waals surface area contributed by atoms with Gasteiger partial charge in [-0.05, 0) is 25.0 Å². The Hall–Kier alpha value is -2.04. The smallest absolute Gasteiger partial charge is 0.258 e. The average molecular weight is 273 g/mol. The van der Waals surface area contributed by atoms with E-state index in [0.29, 0.717) is 11.9 Å². The molecule has 2 aromatic rings. The van der Waals surface area contributed by atoms with Gasteiger partial charge in [-0.25, -0.2) is 0 Å². The summed E-state index contributed by atoms with van der Waals surface area (Å²) in [5.74, 6) is 0.455. The van der Waals surface area contributed by atoms with Crippen LogP contribution in [0.25, 0.3) is 10.9 Å².